The lowest BCUT2D eigenvalue weighted by Crippen LogP contribution is -2.07. The summed E-state index contributed by atoms with van der Waals surface area (Å²) in [5.41, 5.74) is 8.54. The molecule has 96 valence electrons. The number of thiazole rings is 1. The van der Waals surface area contributed by atoms with Gasteiger partial charge in [-0.25, -0.2) is 4.98 Å². The van der Waals surface area contributed by atoms with Gasteiger partial charge in [-0.3, -0.25) is 9.78 Å². The van der Waals surface area contributed by atoms with Gasteiger partial charge >= 0.3 is 0 Å². The van der Waals surface area contributed by atoms with Crippen LogP contribution in [0.2, 0.25) is 0 Å². The Labute approximate surface area is 113 Å². The third kappa shape index (κ3) is 2.05. The average Bonchev–Trinajstić information content (AvgIpc) is 3.05. The molecule has 0 aliphatic carbocycles. The summed E-state index contributed by atoms with van der Waals surface area (Å²) >= 11 is 1.31. The Morgan fingerprint density at radius 3 is 3.11 bits per heavy atom. The van der Waals surface area contributed by atoms with Gasteiger partial charge in [-0.1, -0.05) is 0 Å². The topological polar surface area (TPSA) is 84.7 Å². The van der Waals surface area contributed by atoms with Crippen LogP contribution in [0.15, 0.2) is 29.9 Å². The lowest BCUT2D eigenvalue weighted by Gasteiger charge is -1.97. The Morgan fingerprint density at radius 2 is 2.37 bits per heavy atom. The number of pyridine rings is 1. The fourth-order valence-electron chi connectivity index (χ4n) is 1.84. The minimum atomic E-state index is -0.168. The van der Waals surface area contributed by atoms with Gasteiger partial charge in [0, 0.05) is 23.8 Å². The zero-order chi connectivity index (χ0) is 13.4. The second-order valence-corrected chi connectivity index (χ2v) is 5.16. The first-order chi connectivity index (χ1) is 9.16. The standard InChI is InChI=1S/C13H12N4OS/c1-7(14)10-6-19-13(17-10)12(18)8-5-16-9-3-2-4-15-11(8)9/h2-7,16H,14H2,1H3. The van der Waals surface area contributed by atoms with Crippen LogP contribution in [0.5, 0.6) is 0 Å². The predicted molar refractivity (Wildman–Crippen MR) is 74.2 cm³/mol. The second-order valence-electron chi connectivity index (χ2n) is 4.30. The average molecular weight is 272 g/mol. The van der Waals surface area contributed by atoms with Crippen molar-refractivity contribution < 1.29 is 4.79 Å². The first-order valence-electron chi connectivity index (χ1n) is 5.84. The number of carbonyl (C=O) groups excluding carboxylic acids is 1. The van der Waals surface area contributed by atoms with Crippen LogP contribution in [-0.2, 0) is 0 Å². The largest absolute Gasteiger partial charge is 0.359 e. The van der Waals surface area contributed by atoms with Gasteiger partial charge in [0.25, 0.3) is 0 Å². The molecule has 1 unspecified atom stereocenters. The summed E-state index contributed by atoms with van der Waals surface area (Å²) < 4.78 is 0. The lowest BCUT2D eigenvalue weighted by molar-refractivity contribution is 0.103. The van der Waals surface area contributed by atoms with E-state index in [0.29, 0.717) is 16.1 Å². The number of fused-ring (bicyclic) bond motifs is 1. The van der Waals surface area contributed by atoms with Crippen molar-refractivity contribution >= 4 is 28.2 Å². The van der Waals surface area contributed by atoms with Gasteiger partial charge in [-0.05, 0) is 19.1 Å². The third-order valence-corrected chi connectivity index (χ3v) is 3.72. The van der Waals surface area contributed by atoms with Crippen molar-refractivity contribution in [1.29, 1.82) is 0 Å². The smallest absolute Gasteiger partial charge is 0.225 e. The maximum atomic E-state index is 12.4. The SMILES string of the molecule is CC(N)c1csc(C(=O)c2c[nH]c3cccnc23)n1. The van der Waals surface area contributed by atoms with Crippen LogP contribution in [0.4, 0.5) is 0 Å². The summed E-state index contributed by atoms with van der Waals surface area (Å²) in [6, 6.07) is 3.54. The van der Waals surface area contributed by atoms with Gasteiger partial charge in [0.2, 0.25) is 5.78 Å². The van der Waals surface area contributed by atoms with Gasteiger partial charge in [0.05, 0.1) is 22.3 Å². The van der Waals surface area contributed by atoms with Crippen LogP contribution >= 0.6 is 11.3 Å². The van der Waals surface area contributed by atoms with Crippen molar-refractivity contribution in [3.05, 3.63) is 46.2 Å². The predicted octanol–water partition coefficient (Wildman–Crippen LogP) is 2.27. The minimum absolute atomic E-state index is 0.123. The Hall–Kier alpha value is -2.05. The summed E-state index contributed by atoms with van der Waals surface area (Å²) in [7, 11) is 0. The summed E-state index contributed by atoms with van der Waals surface area (Å²) in [6.07, 6.45) is 3.34. The molecule has 0 saturated carbocycles. The quantitative estimate of drug-likeness (QED) is 0.716. The highest BCUT2D eigenvalue weighted by Crippen LogP contribution is 2.22. The molecule has 0 saturated heterocycles. The Morgan fingerprint density at radius 1 is 1.53 bits per heavy atom. The molecule has 3 aromatic heterocycles. The molecule has 0 radical (unpaired) electrons. The van der Waals surface area contributed by atoms with E-state index < -0.39 is 0 Å². The van der Waals surface area contributed by atoms with E-state index in [1.54, 1.807) is 12.4 Å². The van der Waals surface area contributed by atoms with Crippen molar-refractivity contribution in [2.24, 2.45) is 5.73 Å². The zero-order valence-corrected chi connectivity index (χ0v) is 11.1. The first-order valence-corrected chi connectivity index (χ1v) is 6.72. The molecule has 3 rings (SSSR count). The number of H-pyrrole nitrogens is 1. The highest BCUT2D eigenvalue weighted by atomic mass is 32.1. The number of rotatable bonds is 3. The molecule has 5 nitrogen and oxygen atoms in total. The van der Waals surface area contributed by atoms with E-state index in [-0.39, 0.29) is 11.8 Å². The Kier molecular flexibility index (Phi) is 2.88. The third-order valence-electron chi connectivity index (χ3n) is 2.86. The highest BCUT2D eigenvalue weighted by molar-refractivity contribution is 7.12. The van der Waals surface area contributed by atoms with Gasteiger partial charge in [-0.15, -0.1) is 11.3 Å². The summed E-state index contributed by atoms with van der Waals surface area (Å²) in [6.45, 7) is 1.84. The molecule has 1 atom stereocenters. The van der Waals surface area contributed by atoms with Gasteiger partial charge in [-0.2, -0.15) is 0 Å². The number of aromatic amines is 1. The summed E-state index contributed by atoms with van der Waals surface area (Å²) in [5, 5.41) is 2.26. The first kappa shape index (κ1) is 12.0. The van der Waals surface area contributed by atoms with Gasteiger partial charge in [0.1, 0.15) is 0 Å². The van der Waals surface area contributed by atoms with E-state index in [2.05, 4.69) is 15.0 Å². The molecule has 0 amide bonds. The van der Waals surface area contributed by atoms with Gasteiger partial charge < -0.3 is 10.7 Å². The number of ketones is 1. The maximum Gasteiger partial charge on any atom is 0.225 e. The highest BCUT2D eigenvalue weighted by Gasteiger charge is 2.19. The molecule has 0 fully saturated rings. The minimum Gasteiger partial charge on any atom is -0.359 e. The van der Waals surface area contributed by atoms with Crippen molar-refractivity contribution in [3.63, 3.8) is 0 Å². The molecular formula is C13H12N4OS. The van der Waals surface area contributed by atoms with E-state index in [1.165, 1.54) is 11.3 Å². The van der Waals surface area contributed by atoms with Crippen molar-refractivity contribution in [3.8, 4) is 0 Å². The second kappa shape index (κ2) is 4.56. The van der Waals surface area contributed by atoms with E-state index in [4.69, 9.17) is 5.73 Å². The number of nitrogens with zero attached hydrogens (tertiary/aromatic N) is 2. The van der Waals surface area contributed by atoms with Crippen LogP contribution < -0.4 is 5.73 Å². The van der Waals surface area contributed by atoms with E-state index in [0.717, 1.165) is 11.2 Å². The number of nitrogens with two attached hydrogens (primary N) is 1. The molecular weight excluding hydrogens is 260 g/mol. The Balaban J connectivity index is 2.03. The normalized spacial score (nSPS) is 12.7. The number of hydrogen-bond donors (Lipinski definition) is 2. The molecule has 3 heterocycles. The van der Waals surface area contributed by atoms with Crippen molar-refractivity contribution in [1.82, 2.24) is 15.0 Å². The van der Waals surface area contributed by atoms with Crippen LogP contribution in [0.1, 0.15) is 34.0 Å². The van der Waals surface area contributed by atoms with Gasteiger partial charge in [0.15, 0.2) is 5.01 Å². The van der Waals surface area contributed by atoms with E-state index in [9.17, 15) is 4.79 Å². The number of aromatic nitrogens is 3. The fraction of sp³-hybridized carbons (Fsp3) is 0.154. The number of carbonyl (C=O) groups is 1. The van der Waals surface area contributed by atoms with Crippen molar-refractivity contribution in [2.45, 2.75) is 13.0 Å². The molecule has 0 aliphatic rings. The van der Waals surface area contributed by atoms with Crippen LogP contribution in [0, 0.1) is 0 Å². The van der Waals surface area contributed by atoms with Crippen LogP contribution in [-0.4, -0.2) is 20.7 Å². The molecule has 3 aromatic rings. The van der Waals surface area contributed by atoms with Crippen LogP contribution in [0.25, 0.3) is 11.0 Å². The van der Waals surface area contributed by atoms with Crippen LogP contribution in [0.3, 0.4) is 0 Å². The van der Waals surface area contributed by atoms with E-state index >= 15 is 0 Å². The molecule has 0 aliphatic heterocycles. The van der Waals surface area contributed by atoms with Crippen molar-refractivity contribution in [2.75, 3.05) is 0 Å². The molecule has 19 heavy (non-hydrogen) atoms. The summed E-state index contributed by atoms with van der Waals surface area (Å²) in [4.78, 5) is 23.9. The fourth-order valence-corrected chi connectivity index (χ4v) is 2.72. The maximum absolute atomic E-state index is 12.4. The number of nitrogens with one attached hydrogen (secondary N) is 1. The Bertz CT molecular complexity index is 744. The molecule has 0 aromatic carbocycles. The molecule has 0 bridgehead atoms. The monoisotopic (exact) mass is 272 g/mol. The molecule has 3 N–H and O–H groups in total. The number of hydrogen-bond acceptors (Lipinski definition) is 5. The van der Waals surface area contributed by atoms with E-state index in [1.807, 2.05) is 24.4 Å². The molecule has 0 spiro atoms. The summed E-state index contributed by atoms with van der Waals surface area (Å²) in [5.74, 6) is -0.123. The molecule has 6 heteroatoms. The lowest BCUT2D eigenvalue weighted by atomic mass is 10.2. The zero-order valence-electron chi connectivity index (χ0n) is 10.3.